The lowest BCUT2D eigenvalue weighted by Crippen LogP contribution is -2.22. The molecule has 2 aromatic carbocycles. The Morgan fingerprint density at radius 2 is 2.27 bits per heavy atom. The quantitative estimate of drug-likeness (QED) is 0.570. The predicted molar refractivity (Wildman–Crippen MR) is 113 cm³/mol. The van der Waals surface area contributed by atoms with Gasteiger partial charge >= 0.3 is 0 Å². The minimum absolute atomic E-state index is 0.107. The second kappa shape index (κ2) is 8.66. The van der Waals surface area contributed by atoms with Gasteiger partial charge in [0.25, 0.3) is 5.89 Å². The summed E-state index contributed by atoms with van der Waals surface area (Å²) in [5, 5.41) is 16.6. The van der Waals surface area contributed by atoms with Crippen LogP contribution in [0.2, 0.25) is 0 Å². The van der Waals surface area contributed by atoms with Gasteiger partial charge in [0.2, 0.25) is 11.5 Å². The van der Waals surface area contributed by atoms with Crippen LogP contribution in [0.15, 0.2) is 40.9 Å². The van der Waals surface area contributed by atoms with Crippen molar-refractivity contribution in [2.75, 3.05) is 13.2 Å². The number of benzene rings is 2. The maximum absolute atomic E-state index is 9.10. The van der Waals surface area contributed by atoms with Gasteiger partial charge in [0.05, 0.1) is 20.6 Å². The maximum atomic E-state index is 9.10. The molecule has 0 saturated heterocycles. The van der Waals surface area contributed by atoms with Crippen molar-refractivity contribution in [1.29, 1.82) is 0 Å². The summed E-state index contributed by atoms with van der Waals surface area (Å²) in [6.07, 6.45) is 0.713. The predicted octanol–water partition coefficient (Wildman–Crippen LogP) is 4.31. The van der Waals surface area contributed by atoms with Crippen LogP contribution in [-0.2, 0) is 6.42 Å². The van der Waals surface area contributed by atoms with Crippen molar-refractivity contribution in [1.82, 2.24) is 15.5 Å². The number of aliphatic hydroxyl groups excluding tert-OH is 1. The summed E-state index contributed by atoms with van der Waals surface area (Å²) in [5.74, 6) is 1.18. The lowest BCUT2D eigenvalue weighted by Gasteiger charge is -2.13. The Balaban J connectivity index is 1.63. The summed E-state index contributed by atoms with van der Waals surface area (Å²) in [4.78, 5) is 8.09. The zero-order valence-corrected chi connectivity index (χ0v) is 17.0. The first-order valence-corrected chi connectivity index (χ1v) is 9.90. The Kier molecular flexibility index (Phi) is 5.42. The number of rotatable bonds is 7. The molecule has 2 N–H and O–H groups in total. The summed E-state index contributed by atoms with van der Waals surface area (Å²) in [6, 6.07) is 11.3. The van der Waals surface area contributed by atoms with Gasteiger partial charge < -0.3 is 19.7 Å². The number of fused-ring (bicyclic) bond motifs is 1. The fourth-order valence-corrected chi connectivity index (χ4v) is 3.81. The average molecular weight is 405 g/mol. The van der Waals surface area contributed by atoms with Crippen LogP contribution in [0, 0.1) is 6.57 Å². The molecule has 1 aliphatic rings. The molecule has 30 heavy (non-hydrogen) atoms. The Labute approximate surface area is 176 Å². The maximum Gasteiger partial charge on any atom is 0.256 e. The molecule has 1 aromatic heterocycles. The van der Waals surface area contributed by atoms with Crippen LogP contribution < -0.4 is 10.1 Å². The zero-order chi connectivity index (χ0) is 22.0. The summed E-state index contributed by atoms with van der Waals surface area (Å²) in [7, 11) is 0. The molecule has 1 atom stereocenters. The van der Waals surface area contributed by atoms with E-state index in [0.29, 0.717) is 29.6 Å². The van der Waals surface area contributed by atoms with Gasteiger partial charge in [0.15, 0.2) is 0 Å². The van der Waals surface area contributed by atoms with Crippen LogP contribution in [0.5, 0.6) is 5.75 Å². The first-order chi connectivity index (χ1) is 14.9. The number of nitrogens with zero attached hydrogens (tertiary/aromatic N) is 3. The average Bonchev–Trinajstić information content (AvgIpc) is 3.39. The molecule has 0 unspecified atom stereocenters. The van der Waals surface area contributed by atoms with Crippen LogP contribution in [0.1, 0.15) is 38.8 Å². The van der Waals surface area contributed by atoms with Crippen LogP contribution in [0.25, 0.3) is 27.7 Å². The molecule has 0 radical (unpaired) electrons. The van der Waals surface area contributed by atoms with E-state index in [4.69, 9.17) is 22.3 Å². The van der Waals surface area contributed by atoms with Gasteiger partial charge in [-0.1, -0.05) is 23.4 Å². The lowest BCUT2D eigenvalue weighted by molar-refractivity contribution is 0.244. The highest BCUT2D eigenvalue weighted by molar-refractivity contribution is 5.70. The molecule has 0 saturated carbocycles. The lowest BCUT2D eigenvalue weighted by atomic mass is 10.0. The van der Waals surface area contributed by atoms with Gasteiger partial charge in [0.1, 0.15) is 5.75 Å². The van der Waals surface area contributed by atoms with Crippen molar-refractivity contribution >= 4 is 5.69 Å². The van der Waals surface area contributed by atoms with Crippen LogP contribution >= 0.6 is 0 Å². The van der Waals surface area contributed by atoms with Crippen molar-refractivity contribution in [2.45, 2.75) is 38.8 Å². The van der Waals surface area contributed by atoms with Gasteiger partial charge in [-0.25, -0.2) is 4.85 Å². The van der Waals surface area contributed by atoms with E-state index in [1.54, 1.807) is 32.0 Å². The molecule has 4 rings (SSSR count). The second-order valence-corrected chi connectivity index (χ2v) is 7.37. The monoisotopic (exact) mass is 405 g/mol. The van der Waals surface area contributed by atoms with E-state index >= 15 is 0 Å². The summed E-state index contributed by atoms with van der Waals surface area (Å²) >= 11 is 0. The molecular weight excluding hydrogens is 380 g/mol. The summed E-state index contributed by atoms with van der Waals surface area (Å²) in [6.45, 7) is 11.3. The molecule has 154 valence electrons. The molecule has 1 heterocycles. The third kappa shape index (κ3) is 3.92. The Morgan fingerprint density at radius 1 is 1.40 bits per heavy atom. The molecule has 0 spiro atoms. The van der Waals surface area contributed by atoms with Crippen molar-refractivity contribution in [3.8, 4) is 28.6 Å². The van der Waals surface area contributed by atoms with Gasteiger partial charge in [-0.2, -0.15) is 4.98 Å². The Hall–Kier alpha value is -3.21. The summed E-state index contributed by atoms with van der Waals surface area (Å²) in [5.41, 5.74) is 4.23. The van der Waals surface area contributed by atoms with E-state index in [1.165, 1.54) is 11.1 Å². The number of ether oxygens (including phenoxy) is 1. The SMILES string of the molecule is [2H]C(C)(C)Oc1ccc(-c2nc(-c3cccc4c3CC[C@@H]4NCCO)no2)cc1[N+]#[C-]. The van der Waals surface area contributed by atoms with Gasteiger partial charge in [-0.3, -0.25) is 0 Å². The van der Waals surface area contributed by atoms with E-state index in [2.05, 4.69) is 26.4 Å². The molecule has 7 heteroatoms. The van der Waals surface area contributed by atoms with Crippen molar-refractivity contribution in [3.05, 3.63) is 58.9 Å². The largest absolute Gasteiger partial charge is 0.502 e. The zero-order valence-electron chi connectivity index (χ0n) is 18.0. The molecule has 0 amide bonds. The number of aromatic nitrogens is 2. The Morgan fingerprint density at radius 3 is 3.03 bits per heavy atom. The molecule has 7 nitrogen and oxygen atoms in total. The number of nitrogens with one attached hydrogen (secondary N) is 1. The van der Waals surface area contributed by atoms with E-state index in [0.717, 1.165) is 18.4 Å². The standard InChI is InChI=1S/C23H24N4O3/c1-14(2)29-21-10-7-15(13-20(21)24-3)23-26-22(27-30-23)18-6-4-5-17-16(18)8-9-19(17)25-11-12-28/h4-7,10,13-14,19,25,28H,8-9,11-12H2,1-2H3/t19-/m0/s1/i14D. The highest BCUT2D eigenvalue weighted by Gasteiger charge is 2.26. The van der Waals surface area contributed by atoms with E-state index < -0.39 is 6.08 Å². The third-order valence-corrected chi connectivity index (χ3v) is 5.08. The number of hydrogen-bond donors (Lipinski definition) is 2. The highest BCUT2D eigenvalue weighted by atomic mass is 16.5. The van der Waals surface area contributed by atoms with Crippen molar-refractivity contribution in [2.24, 2.45) is 0 Å². The molecule has 1 aliphatic carbocycles. The number of hydrogen-bond acceptors (Lipinski definition) is 6. The first-order valence-electron chi connectivity index (χ1n) is 10.4. The van der Waals surface area contributed by atoms with Crippen LogP contribution in [0.4, 0.5) is 5.69 Å². The smallest absolute Gasteiger partial charge is 0.256 e. The number of aliphatic hydroxyl groups is 1. The fourth-order valence-electron chi connectivity index (χ4n) is 3.81. The molecule has 3 aromatic rings. The van der Waals surface area contributed by atoms with Gasteiger partial charge in [0, 0.05) is 23.7 Å². The molecule has 0 fully saturated rings. The third-order valence-electron chi connectivity index (χ3n) is 5.08. The molecule has 0 aliphatic heterocycles. The normalized spacial score (nSPS) is 16.1. The minimum Gasteiger partial charge on any atom is -0.502 e. The first kappa shape index (κ1) is 18.8. The van der Waals surface area contributed by atoms with E-state index in [1.807, 2.05) is 12.1 Å². The highest BCUT2D eigenvalue weighted by Crippen LogP contribution is 2.38. The molecular formula is C23H24N4O3. The topological polar surface area (TPSA) is 84.8 Å². The fraction of sp³-hybridized carbons (Fsp3) is 0.348. The Bertz CT molecular complexity index is 1130. The van der Waals surface area contributed by atoms with Crippen LogP contribution in [0.3, 0.4) is 0 Å². The van der Waals surface area contributed by atoms with E-state index in [-0.39, 0.29) is 18.3 Å². The molecule has 0 bridgehead atoms. The van der Waals surface area contributed by atoms with Crippen molar-refractivity contribution in [3.63, 3.8) is 0 Å². The summed E-state index contributed by atoms with van der Waals surface area (Å²) < 4.78 is 18.9. The van der Waals surface area contributed by atoms with Gasteiger partial charge in [-0.15, -0.1) is 0 Å². The van der Waals surface area contributed by atoms with Crippen molar-refractivity contribution < 1.29 is 15.7 Å². The van der Waals surface area contributed by atoms with E-state index in [9.17, 15) is 0 Å². The second-order valence-electron chi connectivity index (χ2n) is 7.37. The minimum atomic E-state index is -1.14. The van der Waals surface area contributed by atoms with Gasteiger partial charge in [-0.05, 0) is 56.0 Å². The van der Waals surface area contributed by atoms with Crippen LogP contribution in [-0.4, -0.2) is 34.5 Å².